The third-order valence-corrected chi connectivity index (χ3v) is 4.76. The summed E-state index contributed by atoms with van der Waals surface area (Å²) in [6, 6.07) is 18.9. The molecule has 2 aromatic carbocycles. The zero-order chi connectivity index (χ0) is 17.9. The minimum absolute atomic E-state index is 0.186. The molecule has 26 heavy (non-hydrogen) atoms. The fraction of sp³-hybridized carbons (Fsp3) is 0.318. The molecule has 0 spiro atoms. The van der Waals surface area contributed by atoms with Gasteiger partial charge in [0.15, 0.2) is 0 Å². The SMILES string of the molecule is CC(C)Oc1ccc(-c2n[nH]c3c2CN(Cc2ccccc2)CC3)cc1. The van der Waals surface area contributed by atoms with Gasteiger partial charge in [-0.05, 0) is 43.7 Å². The largest absolute Gasteiger partial charge is 0.491 e. The Labute approximate surface area is 154 Å². The Hall–Kier alpha value is -2.59. The minimum Gasteiger partial charge on any atom is -0.491 e. The number of aromatic amines is 1. The van der Waals surface area contributed by atoms with E-state index in [-0.39, 0.29) is 6.10 Å². The molecule has 4 heteroatoms. The number of rotatable bonds is 5. The first-order chi connectivity index (χ1) is 12.7. The number of H-pyrrole nitrogens is 1. The Morgan fingerprint density at radius 3 is 2.58 bits per heavy atom. The van der Waals surface area contributed by atoms with Gasteiger partial charge in [-0.2, -0.15) is 5.10 Å². The van der Waals surface area contributed by atoms with Crippen molar-refractivity contribution in [3.63, 3.8) is 0 Å². The van der Waals surface area contributed by atoms with Gasteiger partial charge in [-0.3, -0.25) is 10.00 Å². The van der Waals surface area contributed by atoms with Crippen LogP contribution in [0.2, 0.25) is 0 Å². The molecule has 0 bridgehead atoms. The van der Waals surface area contributed by atoms with Crippen LogP contribution in [0.25, 0.3) is 11.3 Å². The predicted molar refractivity (Wildman–Crippen MR) is 104 cm³/mol. The van der Waals surface area contributed by atoms with E-state index >= 15 is 0 Å². The number of benzene rings is 2. The highest BCUT2D eigenvalue weighted by Crippen LogP contribution is 2.30. The Morgan fingerprint density at radius 1 is 1.08 bits per heavy atom. The van der Waals surface area contributed by atoms with E-state index < -0.39 is 0 Å². The van der Waals surface area contributed by atoms with Crippen LogP contribution in [0.15, 0.2) is 54.6 Å². The van der Waals surface area contributed by atoms with Crippen molar-refractivity contribution < 1.29 is 4.74 Å². The van der Waals surface area contributed by atoms with E-state index in [9.17, 15) is 0 Å². The lowest BCUT2D eigenvalue weighted by molar-refractivity contribution is 0.242. The molecule has 0 aliphatic carbocycles. The van der Waals surface area contributed by atoms with Gasteiger partial charge in [-0.15, -0.1) is 0 Å². The molecule has 4 rings (SSSR count). The van der Waals surface area contributed by atoms with Crippen molar-refractivity contribution >= 4 is 0 Å². The molecule has 2 heterocycles. The van der Waals surface area contributed by atoms with Gasteiger partial charge in [0.2, 0.25) is 0 Å². The van der Waals surface area contributed by atoms with Gasteiger partial charge >= 0.3 is 0 Å². The Bertz CT molecular complexity index is 853. The molecule has 0 fully saturated rings. The summed E-state index contributed by atoms with van der Waals surface area (Å²) in [5, 5.41) is 7.86. The quantitative estimate of drug-likeness (QED) is 0.743. The second-order valence-corrected chi connectivity index (χ2v) is 7.17. The van der Waals surface area contributed by atoms with Crippen molar-refractivity contribution in [1.82, 2.24) is 15.1 Å². The molecule has 134 valence electrons. The highest BCUT2D eigenvalue weighted by Gasteiger charge is 2.22. The first-order valence-electron chi connectivity index (χ1n) is 9.28. The number of nitrogens with one attached hydrogen (secondary N) is 1. The highest BCUT2D eigenvalue weighted by atomic mass is 16.5. The zero-order valence-corrected chi connectivity index (χ0v) is 15.4. The molecule has 1 N–H and O–H groups in total. The molecule has 0 saturated carbocycles. The van der Waals surface area contributed by atoms with Crippen molar-refractivity contribution in [2.24, 2.45) is 0 Å². The van der Waals surface area contributed by atoms with Crippen LogP contribution in [0.5, 0.6) is 5.75 Å². The molecule has 0 saturated heterocycles. The molecule has 1 aliphatic heterocycles. The van der Waals surface area contributed by atoms with Crippen LogP contribution in [0.4, 0.5) is 0 Å². The van der Waals surface area contributed by atoms with E-state index in [1.807, 2.05) is 26.0 Å². The molecule has 4 nitrogen and oxygen atoms in total. The fourth-order valence-corrected chi connectivity index (χ4v) is 3.53. The van der Waals surface area contributed by atoms with Crippen LogP contribution in [0.1, 0.15) is 30.7 Å². The summed E-state index contributed by atoms with van der Waals surface area (Å²) in [7, 11) is 0. The minimum atomic E-state index is 0.186. The fourth-order valence-electron chi connectivity index (χ4n) is 3.53. The molecular formula is C22H25N3O. The second-order valence-electron chi connectivity index (χ2n) is 7.17. The molecule has 1 aromatic heterocycles. The van der Waals surface area contributed by atoms with Crippen molar-refractivity contribution in [3.8, 4) is 17.0 Å². The number of ether oxygens (including phenoxy) is 1. The molecule has 0 radical (unpaired) electrons. The lowest BCUT2D eigenvalue weighted by Crippen LogP contribution is -2.29. The molecular weight excluding hydrogens is 322 g/mol. The lowest BCUT2D eigenvalue weighted by Gasteiger charge is -2.27. The molecule has 0 unspecified atom stereocenters. The van der Waals surface area contributed by atoms with E-state index in [1.54, 1.807) is 0 Å². The van der Waals surface area contributed by atoms with Crippen LogP contribution in [0.3, 0.4) is 0 Å². The van der Waals surface area contributed by atoms with Gasteiger partial charge < -0.3 is 4.74 Å². The predicted octanol–water partition coefficient (Wildman–Crippen LogP) is 4.42. The van der Waals surface area contributed by atoms with Crippen LogP contribution in [0, 0.1) is 0 Å². The van der Waals surface area contributed by atoms with E-state index in [2.05, 4.69) is 57.6 Å². The number of aromatic nitrogens is 2. The Kier molecular flexibility index (Phi) is 4.76. The first kappa shape index (κ1) is 16.9. The highest BCUT2D eigenvalue weighted by molar-refractivity contribution is 5.65. The third-order valence-electron chi connectivity index (χ3n) is 4.76. The maximum atomic E-state index is 5.75. The van der Waals surface area contributed by atoms with Gasteiger partial charge in [0.25, 0.3) is 0 Å². The maximum Gasteiger partial charge on any atom is 0.119 e. The van der Waals surface area contributed by atoms with E-state index in [4.69, 9.17) is 4.74 Å². The van der Waals surface area contributed by atoms with Gasteiger partial charge in [0.05, 0.1) is 11.8 Å². The van der Waals surface area contributed by atoms with Gasteiger partial charge in [0, 0.05) is 42.9 Å². The summed E-state index contributed by atoms with van der Waals surface area (Å²) in [4.78, 5) is 2.49. The average molecular weight is 347 g/mol. The van der Waals surface area contributed by atoms with E-state index in [0.717, 1.165) is 43.1 Å². The summed E-state index contributed by atoms with van der Waals surface area (Å²) in [6.45, 7) is 7.05. The van der Waals surface area contributed by atoms with Gasteiger partial charge in [0.1, 0.15) is 5.75 Å². The smallest absolute Gasteiger partial charge is 0.119 e. The summed E-state index contributed by atoms with van der Waals surface area (Å²) >= 11 is 0. The van der Waals surface area contributed by atoms with Gasteiger partial charge in [-0.25, -0.2) is 0 Å². The standard InChI is InChI=1S/C22H25N3O/c1-16(2)26-19-10-8-18(9-11-19)22-20-15-25(13-12-21(20)23-24-22)14-17-6-4-3-5-7-17/h3-11,16H,12-15H2,1-2H3,(H,23,24). The van der Waals surface area contributed by atoms with Crippen molar-refractivity contribution in [2.75, 3.05) is 6.54 Å². The topological polar surface area (TPSA) is 41.1 Å². The normalized spacial score (nSPS) is 14.4. The van der Waals surface area contributed by atoms with Crippen molar-refractivity contribution in [3.05, 3.63) is 71.4 Å². The van der Waals surface area contributed by atoms with Crippen molar-refractivity contribution in [1.29, 1.82) is 0 Å². The average Bonchev–Trinajstić information content (AvgIpc) is 3.06. The molecule has 3 aromatic rings. The zero-order valence-electron chi connectivity index (χ0n) is 15.4. The van der Waals surface area contributed by atoms with Gasteiger partial charge in [-0.1, -0.05) is 30.3 Å². The summed E-state index contributed by atoms with van der Waals surface area (Å²) in [5.41, 5.74) is 6.15. The third kappa shape index (κ3) is 3.65. The lowest BCUT2D eigenvalue weighted by atomic mass is 10.0. The molecule has 0 amide bonds. The van der Waals surface area contributed by atoms with Crippen LogP contribution in [-0.4, -0.2) is 27.7 Å². The van der Waals surface area contributed by atoms with Crippen LogP contribution in [-0.2, 0) is 19.5 Å². The van der Waals surface area contributed by atoms with Crippen LogP contribution >= 0.6 is 0 Å². The molecule has 1 aliphatic rings. The first-order valence-corrected chi connectivity index (χ1v) is 9.28. The second kappa shape index (κ2) is 7.34. The number of nitrogens with zero attached hydrogens (tertiary/aromatic N) is 2. The Morgan fingerprint density at radius 2 is 1.85 bits per heavy atom. The Balaban J connectivity index is 1.53. The number of fused-ring (bicyclic) bond motifs is 1. The monoisotopic (exact) mass is 347 g/mol. The number of hydrogen-bond donors (Lipinski definition) is 1. The summed E-state index contributed by atoms with van der Waals surface area (Å²) in [5.74, 6) is 0.902. The van der Waals surface area contributed by atoms with Crippen LogP contribution < -0.4 is 4.74 Å². The summed E-state index contributed by atoms with van der Waals surface area (Å²) in [6.07, 6.45) is 1.20. The molecule has 0 atom stereocenters. The maximum absolute atomic E-state index is 5.75. The number of hydrogen-bond acceptors (Lipinski definition) is 3. The van der Waals surface area contributed by atoms with E-state index in [0.29, 0.717) is 0 Å². The van der Waals surface area contributed by atoms with E-state index in [1.165, 1.54) is 16.8 Å². The summed E-state index contributed by atoms with van der Waals surface area (Å²) < 4.78 is 5.75. The van der Waals surface area contributed by atoms with Crippen molar-refractivity contribution in [2.45, 2.75) is 39.5 Å².